The van der Waals surface area contributed by atoms with E-state index < -0.39 is 11.7 Å². The zero-order valence-electron chi connectivity index (χ0n) is 22.9. The third-order valence-electron chi connectivity index (χ3n) is 6.36. The van der Waals surface area contributed by atoms with Crippen LogP contribution in [0.15, 0.2) is 66.9 Å². The Kier molecular flexibility index (Phi) is 11.0. The maximum Gasteiger partial charge on any atom is 0.405 e. The Morgan fingerprint density at radius 1 is 0.925 bits per heavy atom. The van der Waals surface area contributed by atoms with Crippen molar-refractivity contribution in [2.24, 2.45) is 29.4 Å². The average molecular weight is 569 g/mol. The minimum absolute atomic E-state index is 0.0987. The average Bonchev–Trinajstić information content (AvgIpc) is 3.19. The molecule has 4 N–H and O–H groups in total. The van der Waals surface area contributed by atoms with E-state index in [0.29, 0.717) is 11.2 Å². The normalized spacial score (nSPS) is 20.4. The number of nitrogens with zero attached hydrogens (tertiary/aromatic N) is 1. The molecule has 2 fully saturated rings. The SMILES string of the molecule is CC(C)(C)OC(N)=O.O=C(OCc1ccccc1)C1CCC2C(C(=O)OCc3ccccc3)C12.S=c1cn[nH][nH]1. The highest BCUT2D eigenvalue weighted by Crippen LogP contribution is 2.61. The number of nitrogens with two attached hydrogens (primary N) is 1. The third-order valence-corrected chi connectivity index (χ3v) is 6.57. The molecule has 1 amide bonds. The molecule has 0 radical (unpaired) electrons. The molecule has 0 spiro atoms. The van der Waals surface area contributed by atoms with Crippen molar-refractivity contribution in [2.75, 3.05) is 0 Å². The largest absolute Gasteiger partial charge is 0.461 e. The highest BCUT2D eigenvalue weighted by molar-refractivity contribution is 7.71. The summed E-state index contributed by atoms with van der Waals surface area (Å²) in [6.45, 7) is 5.86. The van der Waals surface area contributed by atoms with E-state index in [9.17, 15) is 14.4 Å². The molecular weight excluding hydrogens is 532 g/mol. The van der Waals surface area contributed by atoms with Gasteiger partial charge >= 0.3 is 18.0 Å². The monoisotopic (exact) mass is 568 g/mol. The van der Waals surface area contributed by atoms with Gasteiger partial charge in [-0.05, 0) is 56.6 Å². The van der Waals surface area contributed by atoms with E-state index in [2.05, 4.69) is 32.4 Å². The number of aromatic amines is 2. The number of carbonyl (C=O) groups is 3. The lowest BCUT2D eigenvalue weighted by Crippen LogP contribution is -2.27. The lowest BCUT2D eigenvalue weighted by Gasteiger charge is -2.16. The highest BCUT2D eigenvalue weighted by Gasteiger charge is 2.64. The summed E-state index contributed by atoms with van der Waals surface area (Å²) in [7, 11) is 0. The first-order chi connectivity index (χ1) is 19.0. The molecular formula is C29H36N4O6S. The maximum atomic E-state index is 12.4. The molecule has 2 aliphatic rings. The Hall–Kier alpha value is -3.99. The summed E-state index contributed by atoms with van der Waals surface area (Å²) >= 11 is 4.60. The molecule has 2 aliphatic carbocycles. The number of nitrogens with one attached hydrogen (secondary N) is 2. The molecule has 2 aromatic carbocycles. The fraction of sp³-hybridized carbons (Fsp3) is 0.414. The first-order valence-electron chi connectivity index (χ1n) is 13.0. The Morgan fingerprint density at radius 2 is 1.48 bits per heavy atom. The van der Waals surface area contributed by atoms with Crippen LogP contribution in [-0.4, -0.2) is 39.0 Å². The van der Waals surface area contributed by atoms with Gasteiger partial charge in [0.1, 0.15) is 23.5 Å². The van der Waals surface area contributed by atoms with E-state index >= 15 is 0 Å². The van der Waals surface area contributed by atoms with E-state index in [-0.39, 0.29) is 42.2 Å². The van der Waals surface area contributed by atoms with Gasteiger partial charge in [0.05, 0.1) is 18.0 Å². The van der Waals surface area contributed by atoms with Crippen LogP contribution in [0.25, 0.3) is 0 Å². The third kappa shape index (κ3) is 9.96. The first-order valence-corrected chi connectivity index (χ1v) is 13.4. The number of benzene rings is 2. The Balaban J connectivity index is 0.000000259. The number of rotatable bonds is 6. The summed E-state index contributed by atoms with van der Waals surface area (Å²) in [6, 6.07) is 19.3. The molecule has 4 unspecified atom stereocenters. The smallest absolute Gasteiger partial charge is 0.405 e. The zero-order chi connectivity index (χ0) is 29.1. The van der Waals surface area contributed by atoms with Crippen molar-refractivity contribution in [3.63, 3.8) is 0 Å². The summed E-state index contributed by atoms with van der Waals surface area (Å²) in [4.78, 5) is 34.8. The Morgan fingerprint density at radius 3 is 1.88 bits per heavy atom. The number of esters is 2. The van der Waals surface area contributed by atoms with Crippen LogP contribution in [0.4, 0.5) is 4.79 Å². The first kappa shape index (κ1) is 30.6. The van der Waals surface area contributed by atoms with Crippen molar-refractivity contribution >= 4 is 30.2 Å². The number of H-pyrrole nitrogens is 2. The number of amides is 1. The van der Waals surface area contributed by atoms with E-state index in [4.69, 9.17) is 15.2 Å². The number of hydrogen-bond donors (Lipinski definition) is 3. The predicted octanol–water partition coefficient (Wildman–Crippen LogP) is 5.09. The van der Waals surface area contributed by atoms with Gasteiger partial charge in [0.15, 0.2) is 0 Å². The Labute approximate surface area is 238 Å². The summed E-state index contributed by atoms with van der Waals surface area (Å²) < 4.78 is 16.1. The van der Waals surface area contributed by atoms with E-state index in [1.54, 1.807) is 20.8 Å². The second-order valence-electron chi connectivity index (χ2n) is 10.5. The van der Waals surface area contributed by atoms with Gasteiger partial charge in [0.25, 0.3) is 0 Å². The van der Waals surface area contributed by atoms with Crippen molar-refractivity contribution < 1.29 is 28.6 Å². The van der Waals surface area contributed by atoms with Crippen molar-refractivity contribution in [2.45, 2.75) is 52.4 Å². The molecule has 1 aromatic heterocycles. The number of ether oxygens (including phenoxy) is 3. The van der Waals surface area contributed by atoms with Crippen molar-refractivity contribution in [3.05, 3.63) is 82.6 Å². The van der Waals surface area contributed by atoms with Gasteiger partial charge in [0.2, 0.25) is 0 Å². The summed E-state index contributed by atoms with van der Waals surface area (Å²) in [5.74, 6) is -0.280. The van der Waals surface area contributed by atoms with Crippen LogP contribution >= 0.6 is 12.2 Å². The summed E-state index contributed by atoms with van der Waals surface area (Å²) in [5.41, 5.74) is 6.22. The molecule has 0 bridgehead atoms. The maximum absolute atomic E-state index is 12.4. The van der Waals surface area contributed by atoms with Gasteiger partial charge in [0, 0.05) is 0 Å². The fourth-order valence-electron chi connectivity index (χ4n) is 4.67. The van der Waals surface area contributed by atoms with E-state index in [1.165, 1.54) is 6.20 Å². The predicted molar refractivity (Wildman–Crippen MR) is 150 cm³/mol. The molecule has 2 saturated carbocycles. The Bertz CT molecular complexity index is 1270. The van der Waals surface area contributed by atoms with Crippen molar-refractivity contribution in [1.82, 2.24) is 15.4 Å². The van der Waals surface area contributed by atoms with Gasteiger partial charge in [-0.3, -0.25) is 14.7 Å². The van der Waals surface area contributed by atoms with Crippen LogP contribution in [0.2, 0.25) is 0 Å². The molecule has 5 rings (SSSR count). The quantitative estimate of drug-likeness (QED) is 0.211. The molecule has 3 aromatic rings. The molecule has 214 valence electrons. The van der Waals surface area contributed by atoms with Crippen LogP contribution in [0, 0.1) is 28.3 Å². The highest BCUT2D eigenvalue weighted by atomic mass is 32.1. The molecule has 11 heteroatoms. The molecule has 1 heterocycles. The molecule has 0 aliphatic heterocycles. The van der Waals surface area contributed by atoms with Gasteiger partial charge in [-0.15, -0.1) is 0 Å². The summed E-state index contributed by atoms with van der Waals surface area (Å²) in [5, 5.41) is 8.57. The molecule has 0 saturated heterocycles. The molecule has 10 nitrogen and oxygen atoms in total. The number of fused-ring (bicyclic) bond motifs is 1. The van der Waals surface area contributed by atoms with Crippen LogP contribution in [0.5, 0.6) is 0 Å². The number of primary amides is 1. The van der Waals surface area contributed by atoms with E-state index in [0.717, 1.165) is 24.0 Å². The fourth-order valence-corrected chi connectivity index (χ4v) is 4.76. The lowest BCUT2D eigenvalue weighted by atomic mass is 10.00. The second kappa shape index (κ2) is 14.4. The van der Waals surface area contributed by atoms with Gasteiger partial charge in [-0.2, -0.15) is 5.10 Å². The van der Waals surface area contributed by atoms with E-state index in [1.807, 2.05) is 60.7 Å². The van der Waals surface area contributed by atoms with Gasteiger partial charge in [-0.25, -0.2) is 10.0 Å². The topological polar surface area (TPSA) is 149 Å². The molecule has 40 heavy (non-hydrogen) atoms. The number of carbonyl (C=O) groups excluding carboxylic acids is 3. The van der Waals surface area contributed by atoms with Crippen LogP contribution in [-0.2, 0) is 37.0 Å². The lowest BCUT2D eigenvalue weighted by molar-refractivity contribution is -0.152. The van der Waals surface area contributed by atoms with Crippen LogP contribution in [0.3, 0.4) is 0 Å². The second-order valence-corrected chi connectivity index (χ2v) is 11.0. The molecule has 4 atom stereocenters. The standard InChI is InChI=1S/C22H22O4.C5H11NO2.C2H3N3S/c23-21(25-13-15-7-3-1-4-8-15)18-12-11-17-19(18)20(17)22(24)26-14-16-9-5-2-6-10-16;1-5(2,3)8-4(6)7;6-2-1-3-5-4-2/h1-10,17-20H,11-14H2;1-3H3,(H2,6,7);1H,(H2,3,4,5,6). The van der Waals surface area contributed by atoms with Gasteiger partial charge in [-0.1, -0.05) is 72.9 Å². The number of hydrogen-bond acceptors (Lipinski definition) is 8. The van der Waals surface area contributed by atoms with Gasteiger partial charge < -0.3 is 19.9 Å². The van der Waals surface area contributed by atoms with Crippen molar-refractivity contribution in [1.29, 1.82) is 0 Å². The van der Waals surface area contributed by atoms with Crippen LogP contribution in [0.1, 0.15) is 44.7 Å². The number of aromatic nitrogens is 3. The van der Waals surface area contributed by atoms with Crippen molar-refractivity contribution in [3.8, 4) is 0 Å². The van der Waals surface area contributed by atoms with Crippen LogP contribution < -0.4 is 5.73 Å². The summed E-state index contributed by atoms with van der Waals surface area (Å²) in [6.07, 6.45) is 2.53. The minimum atomic E-state index is -0.725. The minimum Gasteiger partial charge on any atom is -0.461 e. The zero-order valence-corrected chi connectivity index (χ0v) is 23.7.